The van der Waals surface area contributed by atoms with Gasteiger partial charge >= 0.3 is 0 Å². The number of nitrogens with one attached hydrogen (secondary N) is 1. The van der Waals surface area contributed by atoms with E-state index in [2.05, 4.69) is 5.32 Å². The number of aryl methyl sites for hydroxylation is 1. The molecule has 1 aromatic heterocycles. The number of fused-ring (bicyclic) bond motifs is 1. The largest absolute Gasteiger partial charge is 0.490 e. The highest BCUT2D eigenvalue weighted by molar-refractivity contribution is 8.18. The number of pyridine rings is 1. The van der Waals surface area contributed by atoms with Crippen LogP contribution in [-0.4, -0.2) is 28.9 Å². The molecule has 0 atom stereocenters. The van der Waals surface area contributed by atoms with Crippen molar-refractivity contribution in [2.75, 3.05) is 13.2 Å². The first-order valence-electron chi connectivity index (χ1n) is 12.0. The molecule has 2 heterocycles. The predicted octanol–water partition coefficient (Wildman–Crippen LogP) is 5.79. The van der Waals surface area contributed by atoms with Gasteiger partial charge in [0.2, 0.25) is 5.43 Å². The van der Waals surface area contributed by atoms with Gasteiger partial charge in [0, 0.05) is 12.6 Å². The average molecular weight is 567 g/mol. The Balaban J connectivity index is 1.37. The van der Waals surface area contributed by atoms with Crippen LogP contribution in [0.3, 0.4) is 0 Å². The number of amides is 2. The summed E-state index contributed by atoms with van der Waals surface area (Å²) in [7, 11) is 1.61. The number of nitrogens with zero attached hydrogens (tertiary/aromatic N) is 1. The van der Waals surface area contributed by atoms with Crippen molar-refractivity contribution in [3.05, 3.63) is 98.8 Å². The molecule has 2 amide bonds. The molecule has 3 aromatic carbocycles. The van der Waals surface area contributed by atoms with Gasteiger partial charge in [-0.05, 0) is 78.4 Å². The lowest BCUT2D eigenvalue weighted by molar-refractivity contribution is -0.115. The molecule has 1 saturated heterocycles. The summed E-state index contributed by atoms with van der Waals surface area (Å²) in [6.45, 7) is 1.68. The van der Waals surface area contributed by atoms with Crippen molar-refractivity contribution >= 4 is 39.4 Å². The van der Waals surface area contributed by atoms with Crippen LogP contribution in [0.25, 0.3) is 27.7 Å². The highest BCUT2D eigenvalue weighted by Crippen LogP contribution is 2.33. The zero-order valence-corrected chi connectivity index (χ0v) is 22.0. The second-order valence-electron chi connectivity index (χ2n) is 8.88. The van der Waals surface area contributed by atoms with Crippen molar-refractivity contribution < 1.29 is 32.2 Å². The first-order valence-corrected chi connectivity index (χ1v) is 12.8. The third-order valence-corrected chi connectivity index (χ3v) is 7.34. The van der Waals surface area contributed by atoms with Crippen LogP contribution < -0.4 is 20.2 Å². The molecule has 4 aromatic rings. The van der Waals surface area contributed by atoms with Crippen molar-refractivity contribution in [3.8, 4) is 22.8 Å². The van der Waals surface area contributed by atoms with Crippen molar-refractivity contribution in [1.82, 2.24) is 9.88 Å². The van der Waals surface area contributed by atoms with E-state index in [4.69, 9.17) is 9.47 Å². The van der Waals surface area contributed by atoms with E-state index in [1.54, 1.807) is 42.8 Å². The van der Waals surface area contributed by atoms with Crippen LogP contribution in [0.4, 0.5) is 18.0 Å². The molecule has 0 spiro atoms. The van der Waals surface area contributed by atoms with Crippen LogP contribution in [0.2, 0.25) is 0 Å². The number of ether oxygens (including phenoxy) is 2. The Labute approximate surface area is 230 Å². The van der Waals surface area contributed by atoms with Crippen LogP contribution in [-0.2, 0) is 11.8 Å². The number of rotatable bonds is 7. The summed E-state index contributed by atoms with van der Waals surface area (Å²) in [4.78, 5) is 37.0. The zero-order chi connectivity index (χ0) is 28.6. The first kappa shape index (κ1) is 27.1. The fourth-order valence-electron chi connectivity index (χ4n) is 4.38. The Hall–Kier alpha value is -4.51. The van der Waals surface area contributed by atoms with E-state index in [1.807, 2.05) is 0 Å². The molecule has 5 rings (SSSR count). The van der Waals surface area contributed by atoms with E-state index in [1.165, 1.54) is 18.2 Å². The van der Waals surface area contributed by atoms with Gasteiger partial charge in [0.15, 0.2) is 17.4 Å². The molecule has 11 heteroatoms. The number of imide groups is 1. The number of halogens is 3. The van der Waals surface area contributed by atoms with E-state index in [0.29, 0.717) is 21.7 Å². The average Bonchev–Trinajstić information content (AvgIpc) is 3.28. The Bertz CT molecular complexity index is 1770. The summed E-state index contributed by atoms with van der Waals surface area (Å²) in [5.74, 6) is -2.84. The third kappa shape index (κ3) is 5.20. The van der Waals surface area contributed by atoms with Crippen molar-refractivity contribution in [2.24, 2.45) is 7.05 Å². The molecule has 0 saturated carbocycles. The van der Waals surface area contributed by atoms with Crippen molar-refractivity contribution in [1.29, 1.82) is 0 Å². The number of allylic oxidation sites excluding steroid dienone is 1. The normalized spacial score (nSPS) is 14.4. The van der Waals surface area contributed by atoms with E-state index >= 15 is 0 Å². The monoisotopic (exact) mass is 566 g/mol. The van der Waals surface area contributed by atoms with Crippen molar-refractivity contribution in [2.45, 2.75) is 6.92 Å². The summed E-state index contributed by atoms with van der Waals surface area (Å²) in [5, 5.41) is 1.88. The van der Waals surface area contributed by atoms with Gasteiger partial charge in [-0.15, -0.1) is 0 Å². The van der Waals surface area contributed by atoms with E-state index < -0.39 is 34.0 Å². The molecule has 204 valence electrons. The first-order chi connectivity index (χ1) is 19.1. The molecule has 1 N–H and O–H groups in total. The number of carbonyl (C=O) groups is 2. The van der Waals surface area contributed by atoms with Crippen LogP contribution in [0, 0.1) is 17.5 Å². The van der Waals surface area contributed by atoms with Gasteiger partial charge in [0.05, 0.1) is 21.5 Å². The van der Waals surface area contributed by atoms with Gasteiger partial charge in [-0.25, -0.2) is 13.2 Å². The fourth-order valence-corrected chi connectivity index (χ4v) is 5.13. The fraction of sp³-hybridized carbons (Fsp3) is 0.138. The lowest BCUT2D eigenvalue weighted by Gasteiger charge is -2.18. The number of benzene rings is 3. The number of aromatic nitrogens is 1. The maximum atomic E-state index is 14.1. The molecule has 1 fully saturated rings. The van der Waals surface area contributed by atoms with Gasteiger partial charge in [0.25, 0.3) is 11.1 Å². The van der Waals surface area contributed by atoms with Crippen LogP contribution >= 0.6 is 11.8 Å². The highest BCUT2D eigenvalue weighted by Gasteiger charge is 2.27. The van der Waals surface area contributed by atoms with Crippen LogP contribution in [0.1, 0.15) is 12.5 Å². The lowest BCUT2D eigenvalue weighted by atomic mass is 10.1. The molecular formula is C29H21F3N2O5S. The molecule has 1 aliphatic rings. The topological polar surface area (TPSA) is 86.6 Å². The van der Waals surface area contributed by atoms with E-state index in [0.717, 1.165) is 35.5 Å². The molecular weight excluding hydrogens is 545 g/mol. The molecule has 0 radical (unpaired) electrons. The van der Waals surface area contributed by atoms with Gasteiger partial charge in [-0.3, -0.25) is 19.7 Å². The highest BCUT2D eigenvalue weighted by atomic mass is 32.2. The molecule has 0 aliphatic carbocycles. The summed E-state index contributed by atoms with van der Waals surface area (Å²) >= 11 is 0.845. The summed E-state index contributed by atoms with van der Waals surface area (Å²) in [6, 6.07) is 13.8. The number of hydrogen-bond donors (Lipinski definition) is 1. The molecule has 1 aliphatic heterocycles. The van der Waals surface area contributed by atoms with E-state index in [-0.39, 0.29) is 35.6 Å². The lowest BCUT2D eigenvalue weighted by Crippen LogP contribution is -2.19. The molecule has 7 nitrogen and oxygen atoms in total. The van der Waals surface area contributed by atoms with Gasteiger partial charge in [-0.2, -0.15) is 0 Å². The predicted molar refractivity (Wildman–Crippen MR) is 146 cm³/mol. The Morgan fingerprint density at radius 3 is 2.30 bits per heavy atom. The number of hydrogen-bond acceptors (Lipinski definition) is 6. The summed E-state index contributed by atoms with van der Waals surface area (Å²) in [5.41, 5.74) is 1.57. The minimum absolute atomic E-state index is 0.0216. The Kier molecular flexibility index (Phi) is 7.40. The zero-order valence-electron chi connectivity index (χ0n) is 21.2. The Morgan fingerprint density at radius 1 is 0.900 bits per heavy atom. The molecule has 0 unspecified atom stereocenters. The maximum absolute atomic E-state index is 14.1. The minimum atomic E-state index is -1.09. The van der Waals surface area contributed by atoms with Gasteiger partial charge in [0.1, 0.15) is 24.8 Å². The molecule has 40 heavy (non-hydrogen) atoms. The smallest absolute Gasteiger partial charge is 0.290 e. The van der Waals surface area contributed by atoms with Gasteiger partial charge in [-0.1, -0.05) is 12.1 Å². The van der Waals surface area contributed by atoms with E-state index in [9.17, 15) is 27.6 Å². The van der Waals surface area contributed by atoms with Gasteiger partial charge < -0.3 is 14.0 Å². The number of carbonyl (C=O) groups excluding carboxylic acids is 2. The number of thioether (sulfide) groups is 1. The third-order valence-electron chi connectivity index (χ3n) is 6.36. The SMILES string of the molecule is C/C(=C1\SC(=O)NC1=O)c1ccc(OCCOc2c(-c3ccc(F)c(F)c3)n(C)c3ccc(F)cc3c2=O)cc1. The molecule has 0 bridgehead atoms. The van der Waals surface area contributed by atoms with Crippen molar-refractivity contribution in [3.63, 3.8) is 0 Å². The van der Waals surface area contributed by atoms with Crippen LogP contribution in [0.5, 0.6) is 11.5 Å². The maximum Gasteiger partial charge on any atom is 0.290 e. The van der Waals surface area contributed by atoms with Crippen LogP contribution in [0.15, 0.2) is 70.4 Å². The Morgan fingerprint density at radius 2 is 1.62 bits per heavy atom. The standard InChI is InChI=1S/C29H21F3N2O5S/c1-15(27-28(36)33-29(37)40-27)16-3-7-19(8-4-16)38-11-12-39-26-24(17-5-9-21(31)22(32)13-17)34(2)23-10-6-18(30)14-20(23)25(26)35/h3-10,13-14H,11-12H2,1-2H3,(H,33,36,37)/b27-15+. The summed E-state index contributed by atoms with van der Waals surface area (Å²) < 4.78 is 54.8. The quantitative estimate of drug-likeness (QED) is 0.225. The minimum Gasteiger partial charge on any atom is -0.490 e. The summed E-state index contributed by atoms with van der Waals surface area (Å²) in [6.07, 6.45) is 0. The second kappa shape index (κ2) is 10.9. The second-order valence-corrected chi connectivity index (χ2v) is 9.86.